The van der Waals surface area contributed by atoms with Gasteiger partial charge in [-0.05, 0) is 54.5 Å². The van der Waals surface area contributed by atoms with Gasteiger partial charge >= 0.3 is 11.9 Å². The largest absolute Gasteiger partial charge is 0.479 e. The van der Waals surface area contributed by atoms with Crippen LogP contribution < -0.4 is 0 Å². The average molecular weight is 401 g/mol. The molecule has 0 radical (unpaired) electrons. The first-order valence-corrected chi connectivity index (χ1v) is 10.8. The van der Waals surface area contributed by atoms with Crippen molar-refractivity contribution >= 4 is 23.7 Å². The van der Waals surface area contributed by atoms with Gasteiger partial charge in [0.2, 0.25) is 0 Å². The van der Waals surface area contributed by atoms with Crippen molar-refractivity contribution in [3.63, 3.8) is 0 Å². The molecule has 28 heavy (non-hydrogen) atoms. The molecule has 0 saturated heterocycles. The topological polar surface area (TPSA) is 63.6 Å². The average Bonchev–Trinajstić information content (AvgIpc) is 2.71. The molecule has 4 nitrogen and oxygen atoms in total. The number of benzene rings is 2. The Hall–Kier alpha value is -2.27. The third kappa shape index (κ3) is 7.04. The molecule has 1 atom stereocenters. The third-order valence-corrected chi connectivity index (χ3v) is 5.55. The molecule has 0 amide bonds. The fourth-order valence-electron chi connectivity index (χ4n) is 2.72. The number of unbranched alkanes of at least 4 members (excludes halogenated alkanes) is 4. The summed E-state index contributed by atoms with van der Waals surface area (Å²) in [5.41, 5.74) is 2.41. The van der Waals surface area contributed by atoms with Crippen LogP contribution in [0.15, 0.2) is 53.4 Å². The molecular weight excluding hydrogens is 372 g/mol. The number of carboxylic acids is 1. The van der Waals surface area contributed by atoms with E-state index in [2.05, 4.69) is 31.2 Å². The molecule has 0 aromatic heterocycles. The van der Waals surface area contributed by atoms with Crippen LogP contribution in [0.4, 0.5) is 0 Å². The lowest BCUT2D eigenvalue weighted by molar-refractivity contribution is -0.146. The summed E-state index contributed by atoms with van der Waals surface area (Å²) in [6.07, 6.45) is 5.33. The van der Waals surface area contributed by atoms with E-state index in [4.69, 9.17) is 9.84 Å². The molecule has 2 aromatic carbocycles. The van der Waals surface area contributed by atoms with E-state index >= 15 is 0 Å². The van der Waals surface area contributed by atoms with Crippen LogP contribution in [0.1, 0.15) is 56.3 Å². The lowest BCUT2D eigenvalue weighted by atomic mass is 10.0. The lowest BCUT2D eigenvalue weighted by Crippen LogP contribution is -2.23. The Morgan fingerprint density at radius 2 is 1.50 bits per heavy atom. The van der Waals surface area contributed by atoms with Crippen molar-refractivity contribution in [3.05, 3.63) is 54.1 Å². The summed E-state index contributed by atoms with van der Waals surface area (Å²) in [6.45, 7) is 3.56. The van der Waals surface area contributed by atoms with Crippen LogP contribution >= 0.6 is 11.8 Å². The quantitative estimate of drug-likeness (QED) is 0.283. The smallest absolute Gasteiger partial charge is 0.344 e. The van der Waals surface area contributed by atoms with Gasteiger partial charge in [-0.1, -0.05) is 56.9 Å². The number of thioether (sulfide) groups is 1. The first-order valence-electron chi connectivity index (χ1n) is 9.78. The summed E-state index contributed by atoms with van der Waals surface area (Å²) in [4.78, 5) is 24.0. The van der Waals surface area contributed by atoms with Crippen LogP contribution in [0.25, 0.3) is 11.1 Å². The minimum atomic E-state index is -1.16. The predicted molar refractivity (Wildman–Crippen MR) is 114 cm³/mol. The molecule has 0 aliphatic rings. The van der Waals surface area contributed by atoms with Crippen molar-refractivity contribution in [1.82, 2.24) is 0 Å². The van der Waals surface area contributed by atoms with E-state index in [1.165, 1.54) is 43.9 Å². The van der Waals surface area contributed by atoms with Gasteiger partial charge < -0.3 is 9.84 Å². The number of ether oxygens (including phenoxy) is 1. The highest BCUT2D eigenvalue weighted by Crippen LogP contribution is 2.25. The molecule has 0 fully saturated rings. The Bertz CT molecular complexity index is 753. The molecule has 150 valence electrons. The zero-order chi connectivity index (χ0) is 20.4. The van der Waals surface area contributed by atoms with Crippen molar-refractivity contribution in [3.8, 4) is 11.1 Å². The molecule has 0 heterocycles. The molecule has 0 unspecified atom stereocenters. The molecule has 0 aliphatic carbocycles. The van der Waals surface area contributed by atoms with E-state index < -0.39 is 18.0 Å². The molecule has 0 saturated carbocycles. The van der Waals surface area contributed by atoms with Crippen molar-refractivity contribution in [2.24, 2.45) is 0 Å². The normalized spacial score (nSPS) is 11.8. The molecule has 2 rings (SSSR count). The number of hydrogen-bond acceptors (Lipinski definition) is 4. The number of rotatable bonds is 11. The van der Waals surface area contributed by atoms with Crippen LogP contribution in [0.5, 0.6) is 0 Å². The maximum absolute atomic E-state index is 11.9. The standard InChI is InChI=1S/C23H28O4S/c1-3-4-5-6-7-16-28-21-14-12-19(13-15-21)18-8-10-20(11-9-18)23(26)27-17(2)22(24)25/h8-15,17H,3-7,16H2,1-2H3,(H,24,25)/t17-/m0/s1. The predicted octanol–water partition coefficient (Wildman–Crippen LogP) is 6.05. The Morgan fingerprint density at radius 1 is 0.929 bits per heavy atom. The van der Waals surface area contributed by atoms with Gasteiger partial charge in [0.15, 0.2) is 6.10 Å². The van der Waals surface area contributed by atoms with Crippen LogP contribution in [0, 0.1) is 0 Å². The number of esters is 1. The molecule has 0 spiro atoms. The Balaban J connectivity index is 1.88. The van der Waals surface area contributed by atoms with Gasteiger partial charge in [-0.3, -0.25) is 0 Å². The van der Waals surface area contributed by atoms with Gasteiger partial charge in [0.25, 0.3) is 0 Å². The molecular formula is C23H28O4S. The fourth-order valence-corrected chi connectivity index (χ4v) is 3.63. The second-order valence-electron chi connectivity index (χ2n) is 6.75. The minimum Gasteiger partial charge on any atom is -0.479 e. The second kappa shape index (κ2) is 11.5. The fraction of sp³-hybridized carbons (Fsp3) is 0.391. The first kappa shape index (κ1) is 22.0. The van der Waals surface area contributed by atoms with Crippen LogP contribution in [0.2, 0.25) is 0 Å². The summed E-state index contributed by atoms with van der Waals surface area (Å²) in [5.74, 6) is -0.648. The Labute approximate surface area is 171 Å². The maximum Gasteiger partial charge on any atom is 0.344 e. The molecule has 0 bridgehead atoms. The third-order valence-electron chi connectivity index (χ3n) is 4.46. The van der Waals surface area contributed by atoms with E-state index in [1.807, 2.05) is 23.9 Å². The summed E-state index contributed by atoms with van der Waals surface area (Å²) < 4.78 is 4.89. The second-order valence-corrected chi connectivity index (χ2v) is 7.92. The SMILES string of the molecule is CCCCCCCSc1ccc(-c2ccc(C(=O)O[C@@H](C)C(=O)O)cc2)cc1. The highest BCUT2D eigenvalue weighted by atomic mass is 32.2. The number of carboxylic acid groups (broad SMARTS) is 1. The van der Waals surface area contributed by atoms with E-state index in [0.717, 1.165) is 16.9 Å². The van der Waals surface area contributed by atoms with Crippen LogP contribution in [-0.2, 0) is 9.53 Å². The van der Waals surface area contributed by atoms with E-state index in [9.17, 15) is 9.59 Å². The van der Waals surface area contributed by atoms with Crippen LogP contribution in [-0.4, -0.2) is 28.9 Å². The summed E-state index contributed by atoms with van der Waals surface area (Å²) in [6, 6.07) is 15.4. The van der Waals surface area contributed by atoms with E-state index in [0.29, 0.717) is 5.56 Å². The molecule has 0 aliphatic heterocycles. The molecule has 2 aromatic rings. The van der Waals surface area contributed by atoms with Crippen molar-refractivity contribution in [2.75, 3.05) is 5.75 Å². The van der Waals surface area contributed by atoms with Crippen molar-refractivity contribution in [2.45, 2.75) is 57.0 Å². The number of aliphatic carboxylic acids is 1. The highest BCUT2D eigenvalue weighted by Gasteiger charge is 2.17. The Kier molecular flexibility index (Phi) is 9.08. The van der Waals surface area contributed by atoms with Crippen molar-refractivity contribution < 1.29 is 19.4 Å². The Morgan fingerprint density at radius 3 is 2.07 bits per heavy atom. The van der Waals surface area contributed by atoms with E-state index in [1.54, 1.807) is 12.1 Å². The van der Waals surface area contributed by atoms with Gasteiger partial charge in [-0.25, -0.2) is 9.59 Å². The number of hydrogen-bond donors (Lipinski definition) is 1. The van der Waals surface area contributed by atoms with Crippen LogP contribution in [0.3, 0.4) is 0 Å². The highest BCUT2D eigenvalue weighted by molar-refractivity contribution is 7.99. The van der Waals surface area contributed by atoms with E-state index in [-0.39, 0.29) is 0 Å². The number of carbonyl (C=O) groups excluding carboxylic acids is 1. The zero-order valence-corrected chi connectivity index (χ0v) is 17.3. The van der Waals surface area contributed by atoms with Gasteiger partial charge in [0.05, 0.1) is 5.56 Å². The minimum absolute atomic E-state index is 0.340. The lowest BCUT2D eigenvalue weighted by Gasteiger charge is -2.09. The first-order chi connectivity index (χ1) is 13.5. The van der Waals surface area contributed by atoms with Crippen molar-refractivity contribution in [1.29, 1.82) is 0 Å². The summed E-state index contributed by atoms with van der Waals surface area (Å²) >= 11 is 1.89. The molecule has 5 heteroatoms. The summed E-state index contributed by atoms with van der Waals surface area (Å²) in [7, 11) is 0. The van der Waals surface area contributed by atoms with Gasteiger partial charge in [0, 0.05) is 4.90 Å². The summed E-state index contributed by atoms with van der Waals surface area (Å²) in [5, 5.41) is 8.82. The molecule has 1 N–H and O–H groups in total. The number of carbonyl (C=O) groups is 2. The van der Waals surface area contributed by atoms with Gasteiger partial charge in [-0.2, -0.15) is 0 Å². The van der Waals surface area contributed by atoms with Gasteiger partial charge in [-0.15, -0.1) is 11.8 Å². The zero-order valence-electron chi connectivity index (χ0n) is 16.5. The maximum atomic E-state index is 11.9. The monoisotopic (exact) mass is 400 g/mol. The van der Waals surface area contributed by atoms with Gasteiger partial charge in [0.1, 0.15) is 0 Å².